The fourth-order valence-electron chi connectivity index (χ4n) is 5.11. The molecule has 1 saturated heterocycles. The zero-order valence-corrected chi connectivity index (χ0v) is 26.1. The zero-order valence-electron chi connectivity index (χ0n) is 25.2. The molecule has 0 amide bonds. The summed E-state index contributed by atoms with van der Waals surface area (Å²) in [5.41, 5.74) is 5.13. The summed E-state index contributed by atoms with van der Waals surface area (Å²) < 4.78 is 44.8. The summed E-state index contributed by atoms with van der Waals surface area (Å²) in [7, 11) is -4.28. The minimum absolute atomic E-state index is 0.0258. The SMILES string of the molecule is CC(C)C(=O)O[C@@H]1[C@@H](COP(=O)(N[C@@H](C)C(=O)OCc2ccccc2)Oc2ccccc2)O[C@@H](n2ccc(N)nc2=O)C12CC2. The Labute approximate surface area is 260 Å². The molecule has 1 spiro atoms. The van der Waals surface area contributed by atoms with Gasteiger partial charge in [-0.15, -0.1) is 0 Å². The third kappa shape index (κ3) is 7.62. The summed E-state index contributed by atoms with van der Waals surface area (Å²) in [6.07, 6.45) is 0.0580. The van der Waals surface area contributed by atoms with Crippen molar-refractivity contribution in [1.29, 1.82) is 0 Å². The van der Waals surface area contributed by atoms with Crippen molar-refractivity contribution >= 4 is 25.5 Å². The number of ether oxygens (including phenoxy) is 3. The molecule has 3 N–H and O–H groups in total. The molecular weight excluding hydrogens is 603 g/mol. The number of nitrogen functional groups attached to an aromatic ring is 1. The Hall–Kier alpha value is -4.03. The van der Waals surface area contributed by atoms with Gasteiger partial charge >= 0.3 is 25.4 Å². The maximum absolute atomic E-state index is 14.2. The third-order valence-electron chi connectivity index (χ3n) is 7.65. The van der Waals surface area contributed by atoms with Crippen molar-refractivity contribution in [2.24, 2.45) is 11.3 Å². The number of rotatable bonds is 13. The molecule has 1 aliphatic heterocycles. The van der Waals surface area contributed by atoms with Gasteiger partial charge in [-0.3, -0.25) is 18.7 Å². The average molecular weight is 641 g/mol. The monoisotopic (exact) mass is 640 g/mol. The molecule has 13 nitrogen and oxygen atoms in total. The standard InChI is InChI=1S/C31H37N4O9P/c1-20(2)27(36)43-26-24(42-29(31(26)15-16-31)35-17-14-25(32)33-30(35)38)19-41-45(39,44-23-12-8-5-9-13-23)34-21(3)28(37)40-18-22-10-6-4-7-11-22/h4-14,17,20-21,24,26,29H,15-16,18-19H2,1-3H3,(H,34,39)(H2,32,33,38)/t21-,24+,26+,29+,45?/m0/s1. The molecular formula is C31H37N4O9P. The van der Waals surface area contributed by atoms with E-state index in [1.807, 2.05) is 30.3 Å². The first-order chi connectivity index (χ1) is 21.5. The first-order valence-corrected chi connectivity index (χ1v) is 16.2. The highest BCUT2D eigenvalue weighted by atomic mass is 31.2. The molecule has 3 aromatic rings. The van der Waals surface area contributed by atoms with E-state index in [1.165, 1.54) is 23.8 Å². The molecule has 2 fully saturated rings. The number of carbonyl (C=O) groups excluding carboxylic acids is 2. The molecule has 2 aromatic carbocycles. The minimum Gasteiger partial charge on any atom is -0.460 e. The van der Waals surface area contributed by atoms with Gasteiger partial charge in [-0.05, 0) is 43.5 Å². The van der Waals surface area contributed by atoms with E-state index < -0.39 is 61.2 Å². The number of nitrogens with two attached hydrogens (primary N) is 1. The number of carbonyl (C=O) groups is 2. The van der Waals surface area contributed by atoms with Crippen molar-refractivity contribution in [3.05, 3.63) is 89.0 Å². The fourth-order valence-corrected chi connectivity index (χ4v) is 6.61. The van der Waals surface area contributed by atoms with E-state index in [-0.39, 0.29) is 24.8 Å². The fraction of sp³-hybridized carbons (Fsp3) is 0.419. The van der Waals surface area contributed by atoms with Gasteiger partial charge in [0.05, 0.1) is 17.9 Å². The van der Waals surface area contributed by atoms with Crippen molar-refractivity contribution < 1.29 is 37.4 Å². The van der Waals surface area contributed by atoms with Crippen LogP contribution in [-0.2, 0) is 39.5 Å². The molecule has 1 aromatic heterocycles. The first kappa shape index (κ1) is 32.4. The number of para-hydroxylation sites is 1. The molecule has 14 heteroatoms. The topological polar surface area (TPSA) is 170 Å². The lowest BCUT2D eigenvalue weighted by Gasteiger charge is -2.27. The quantitative estimate of drug-likeness (QED) is 0.204. The number of esters is 2. The minimum atomic E-state index is -4.28. The average Bonchev–Trinajstić information content (AvgIpc) is 3.76. The number of nitrogens with zero attached hydrogens (tertiary/aromatic N) is 2. The van der Waals surface area contributed by atoms with E-state index in [2.05, 4.69) is 10.1 Å². The van der Waals surface area contributed by atoms with Crippen LogP contribution < -0.4 is 21.0 Å². The van der Waals surface area contributed by atoms with Crippen molar-refractivity contribution in [2.45, 2.75) is 64.7 Å². The lowest BCUT2D eigenvalue weighted by Crippen LogP contribution is -2.39. The summed E-state index contributed by atoms with van der Waals surface area (Å²) in [5.74, 6) is -1.28. The van der Waals surface area contributed by atoms with Gasteiger partial charge in [0.15, 0.2) is 0 Å². The molecule has 0 bridgehead atoms. The van der Waals surface area contributed by atoms with Crippen LogP contribution in [0.2, 0.25) is 0 Å². The maximum atomic E-state index is 14.2. The summed E-state index contributed by atoms with van der Waals surface area (Å²) in [6, 6.07) is 17.8. The largest absolute Gasteiger partial charge is 0.460 e. The van der Waals surface area contributed by atoms with Gasteiger partial charge in [0.2, 0.25) is 0 Å². The van der Waals surface area contributed by atoms with Gasteiger partial charge in [-0.1, -0.05) is 62.4 Å². The number of hydrogen-bond acceptors (Lipinski definition) is 11. The predicted octanol–water partition coefficient (Wildman–Crippen LogP) is 4.00. The van der Waals surface area contributed by atoms with Gasteiger partial charge in [-0.2, -0.15) is 10.1 Å². The molecule has 2 heterocycles. The molecule has 2 aliphatic rings. The van der Waals surface area contributed by atoms with E-state index in [0.717, 1.165) is 5.56 Å². The Bertz CT molecular complexity index is 1600. The lowest BCUT2D eigenvalue weighted by molar-refractivity contribution is -0.158. The molecule has 1 unspecified atom stereocenters. The predicted molar refractivity (Wildman–Crippen MR) is 163 cm³/mol. The van der Waals surface area contributed by atoms with E-state index in [0.29, 0.717) is 12.8 Å². The van der Waals surface area contributed by atoms with Crippen LogP contribution in [0.25, 0.3) is 0 Å². The van der Waals surface area contributed by atoms with Gasteiger partial charge in [0, 0.05) is 6.20 Å². The zero-order chi connectivity index (χ0) is 32.2. The number of anilines is 1. The summed E-state index contributed by atoms with van der Waals surface area (Å²) in [5, 5.41) is 2.66. The van der Waals surface area contributed by atoms with Crippen LogP contribution in [0.3, 0.4) is 0 Å². The van der Waals surface area contributed by atoms with Gasteiger partial charge in [0.1, 0.15) is 42.7 Å². The molecule has 1 aliphatic carbocycles. The van der Waals surface area contributed by atoms with Crippen molar-refractivity contribution in [1.82, 2.24) is 14.6 Å². The highest BCUT2D eigenvalue weighted by Crippen LogP contribution is 2.63. The Kier molecular flexibility index (Phi) is 9.73. The third-order valence-corrected chi connectivity index (χ3v) is 9.30. The number of benzene rings is 2. The van der Waals surface area contributed by atoms with Crippen LogP contribution in [-0.4, -0.2) is 46.3 Å². The highest BCUT2D eigenvalue weighted by molar-refractivity contribution is 7.52. The normalized spacial score (nSPS) is 22.0. The molecule has 5 rings (SSSR count). The van der Waals surface area contributed by atoms with E-state index in [1.54, 1.807) is 44.2 Å². The summed E-state index contributed by atoms with van der Waals surface area (Å²) in [6.45, 7) is 4.55. The van der Waals surface area contributed by atoms with Crippen LogP contribution in [0, 0.1) is 11.3 Å². The first-order valence-electron chi connectivity index (χ1n) is 14.7. The van der Waals surface area contributed by atoms with Crippen LogP contribution >= 0.6 is 7.75 Å². The second-order valence-electron chi connectivity index (χ2n) is 11.5. The Morgan fingerprint density at radius 3 is 2.36 bits per heavy atom. The lowest BCUT2D eigenvalue weighted by atomic mass is 9.96. The van der Waals surface area contributed by atoms with Crippen LogP contribution in [0.15, 0.2) is 77.7 Å². The van der Waals surface area contributed by atoms with Crippen molar-refractivity contribution in [3.63, 3.8) is 0 Å². The summed E-state index contributed by atoms with van der Waals surface area (Å²) in [4.78, 5) is 42.2. The van der Waals surface area contributed by atoms with Gasteiger partial charge < -0.3 is 24.5 Å². The molecule has 5 atom stereocenters. The number of nitrogens with one attached hydrogen (secondary N) is 1. The second-order valence-corrected chi connectivity index (χ2v) is 13.2. The number of hydrogen-bond donors (Lipinski definition) is 2. The Morgan fingerprint density at radius 1 is 1.07 bits per heavy atom. The van der Waals surface area contributed by atoms with Crippen LogP contribution in [0.5, 0.6) is 5.75 Å². The van der Waals surface area contributed by atoms with E-state index >= 15 is 0 Å². The van der Waals surface area contributed by atoms with Crippen LogP contribution in [0.4, 0.5) is 5.82 Å². The Balaban J connectivity index is 1.36. The number of aromatic nitrogens is 2. The van der Waals surface area contributed by atoms with Crippen molar-refractivity contribution in [2.75, 3.05) is 12.3 Å². The second kappa shape index (κ2) is 13.5. The summed E-state index contributed by atoms with van der Waals surface area (Å²) >= 11 is 0. The van der Waals surface area contributed by atoms with Crippen molar-refractivity contribution in [3.8, 4) is 5.75 Å². The molecule has 45 heavy (non-hydrogen) atoms. The highest BCUT2D eigenvalue weighted by Gasteiger charge is 2.67. The van der Waals surface area contributed by atoms with E-state index in [9.17, 15) is 18.9 Å². The molecule has 240 valence electrons. The van der Waals surface area contributed by atoms with Crippen LogP contribution in [0.1, 0.15) is 45.4 Å². The smallest absolute Gasteiger partial charge is 0.459 e. The van der Waals surface area contributed by atoms with Gasteiger partial charge in [0.25, 0.3) is 0 Å². The molecule has 1 saturated carbocycles. The van der Waals surface area contributed by atoms with Gasteiger partial charge in [-0.25, -0.2) is 9.36 Å². The Morgan fingerprint density at radius 2 is 1.73 bits per heavy atom. The molecule has 0 radical (unpaired) electrons. The maximum Gasteiger partial charge on any atom is 0.459 e. The van der Waals surface area contributed by atoms with E-state index in [4.69, 9.17) is 29.0 Å².